The second kappa shape index (κ2) is 3.89. The highest BCUT2D eigenvalue weighted by atomic mass is 16.2. The van der Waals surface area contributed by atoms with Crippen LogP contribution in [0.2, 0.25) is 0 Å². The van der Waals surface area contributed by atoms with Gasteiger partial charge in [-0.25, -0.2) is 4.79 Å². The molecule has 0 aromatic heterocycles. The van der Waals surface area contributed by atoms with Gasteiger partial charge in [-0.1, -0.05) is 0 Å². The molecule has 0 spiro atoms. The van der Waals surface area contributed by atoms with Gasteiger partial charge in [-0.15, -0.1) is 12.3 Å². The lowest BCUT2D eigenvalue weighted by molar-refractivity contribution is 0.123. The minimum Gasteiger partial charge on any atom is -0.336 e. The van der Waals surface area contributed by atoms with Crippen molar-refractivity contribution < 1.29 is 4.79 Å². The van der Waals surface area contributed by atoms with E-state index in [1.807, 2.05) is 4.90 Å². The average molecular weight is 193 g/mol. The molecule has 76 valence electrons. The van der Waals surface area contributed by atoms with E-state index in [-0.39, 0.29) is 6.03 Å². The second-order valence-electron chi connectivity index (χ2n) is 3.79. The number of terminal acetylenes is 1. The van der Waals surface area contributed by atoms with Crippen LogP contribution < -0.4 is 5.32 Å². The number of hydrogen-bond donors (Lipinski definition) is 1. The number of urea groups is 1. The summed E-state index contributed by atoms with van der Waals surface area (Å²) in [6.45, 7) is 4.48. The van der Waals surface area contributed by atoms with Crippen molar-refractivity contribution in [3.63, 3.8) is 0 Å². The molecule has 0 aromatic rings. The first kappa shape index (κ1) is 9.35. The Kier molecular flexibility index (Phi) is 2.60. The summed E-state index contributed by atoms with van der Waals surface area (Å²) in [5.74, 6) is 2.65. The molecule has 2 aliphatic rings. The number of fused-ring (bicyclic) bond motifs is 1. The summed E-state index contributed by atoms with van der Waals surface area (Å²) >= 11 is 0. The van der Waals surface area contributed by atoms with E-state index in [2.05, 4.69) is 16.1 Å². The lowest BCUT2D eigenvalue weighted by atomic mass is 10.2. The number of piperazine rings is 1. The fourth-order valence-electron chi connectivity index (χ4n) is 2.09. The normalized spacial score (nSPS) is 26.9. The Morgan fingerprint density at radius 2 is 2.43 bits per heavy atom. The summed E-state index contributed by atoms with van der Waals surface area (Å²) in [6.07, 6.45) is 6.02. The van der Waals surface area contributed by atoms with E-state index >= 15 is 0 Å². The SMILES string of the molecule is C#CCCN1CCN2C(=O)NCC2C1. The quantitative estimate of drug-likeness (QED) is 0.612. The van der Waals surface area contributed by atoms with E-state index in [1.54, 1.807) is 0 Å². The van der Waals surface area contributed by atoms with Gasteiger partial charge >= 0.3 is 6.03 Å². The van der Waals surface area contributed by atoms with Gasteiger partial charge in [0.25, 0.3) is 0 Å². The molecule has 0 aliphatic carbocycles. The predicted molar refractivity (Wildman–Crippen MR) is 53.8 cm³/mol. The molecule has 2 rings (SSSR count). The number of rotatable bonds is 2. The molecule has 2 amide bonds. The number of nitrogens with zero attached hydrogens (tertiary/aromatic N) is 2. The van der Waals surface area contributed by atoms with Crippen molar-refractivity contribution in [1.29, 1.82) is 0 Å². The fourth-order valence-corrected chi connectivity index (χ4v) is 2.09. The summed E-state index contributed by atoms with van der Waals surface area (Å²) in [6, 6.07) is 0.445. The molecule has 2 aliphatic heterocycles. The van der Waals surface area contributed by atoms with Crippen molar-refractivity contribution in [2.24, 2.45) is 0 Å². The molecule has 2 fully saturated rings. The number of nitrogens with one attached hydrogen (secondary N) is 1. The third kappa shape index (κ3) is 1.68. The van der Waals surface area contributed by atoms with Gasteiger partial charge in [0.05, 0.1) is 6.04 Å². The van der Waals surface area contributed by atoms with Crippen molar-refractivity contribution in [3.05, 3.63) is 0 Å². The zero-order valence-corrected chi connectivity index (χ0v) is 8.20. The Balaban J connectivity index is 1.87. The molecule has 1 unspecified atom stereocenters. The number of carbonyl (C=O) groups excluding carboxylic acids is 1. The summed E-state index contributed by atoms with van der Waals surface area (Å²) in [5, 5.41) is 2.86. The number of carbonyl (C=O) groups is 1. The smallest absolute Gasteiger partial charge is 0.317 e. The van der Waals surface area contributed by atoms with Crippen LogP contribution in [0.4, 0.5) is 4.79 Å². The molecule has 4 heteroatoms. The zero-order chi connectivity index (χ0) is 9.97. The fraction of sp³-hybridized carbons (Fsp3) is 0.700. The van der Waals surface area contributed by atoms with Gasteiger partial charge in [0.2, 0.25) is 0 Å². The lowest BCUT2D eigenvalue weighted by Gasteiger charge is -2.36. The van der Waals surface area contributed by atoms with Crippen molar-refractivity contribution in [2.45, 2.75) is 12.5 Å². The second-order valence-corrected chi connectivity index (χ2v) is 3.79. The van der Waals surface area contributed by atoms with Gasteiger partial charge in [-0.05, 0) is 0 Å². The van der Waals surface area contributed by atoms with E-state index < -0.39 is 0 Å². The molecular weight excluding hydrogens is 178 g/mol. The summed E-state index contributed by atoms with van der Waals surface area (Å²) in [5.41, 5.74) is 0. The van der Waals surface area contributed by atoms with Gasteiger partial charge in [-0.3, -0.25) is 4.90 Å². The molecule has 1 atom stereocenters. The molecule has 0 radical (unpaired) electrons. The topological polar surface area (TPSA) is 35.6 Å². The number of amides is 2. The summed E-state index contributed by atoms with van der Waals surface area (Å²) < 4.78 is 0. The van der Waals surface area contributed by atoms with E-state index in [9.17, 15) is 4.79 Å². The average Bonchev–Trinajstić information content (AvgIpc) is 2.57. The van der Waals surface area contributed by atoms with Crippen LogP contribution in [0.25, 0.3) is 0 Å². The van der Waals surface area contributed by atoms with Gasteiger partial charge < -0.3 is 10.2 Å². The van der Waals surface area contributed by atoms with E-state index in [0.717, 1.165) is 39.1 Å². The third-order valence-electron chi connectivity index (χ3n) is 2.89. The lowest BCUT2D eigenvalue weighted by Crippen LogP contribution is -2.52. The maximum absolute atomic E-state index is 11.3. The largest absolute Gasteiger partial charge is 0.336 e. The highest BCUT2D eigenvalue weighted by Gasteiger charge is 2.34. The molecule has 14 heavy (non-hydrogen) atoms. The molecule has 1 N–H and O–H groups in total. The van der Waals surface area contributed by atoms with E-state index in [0.29, 0.717) is 6.04 Å². The minimum absolute atomic E-state index is 0.0894. The highest BCUT2D eigenvalue weighted by molar-refractivity contribution is 5.77. The molecule has 2 heterocycles. The van der Waals surface area contributed by atoms with Crippen LogP contribution >= 0.6 is 0 Å². The third-order valence-corrected chi connectivity index (χ3v) is 2.89. The monoisotopic (exact) mass is 193 g/mol. The Hall–Kier alpha value is -1.21. The summed E-state index contributed by atoms with van der Waals surface area (Å²) in [4.78, 5) is 15.6. The van der Waals surface area contributed by atoms with E-state index in [4.69, 9.17) is 6.42 Å². The molecule has 4 nitrogen and oxygen atoms in total. The maximum Gasteiger partial charge on any atom is 0.317 e. The van der Waals surface area contributed by atoms with Crippen LogP contribution in [0.5, 0.6) is 0 Å². The first-order valence-electron chi connectivity index (χ1n) is 5.01. The standard InChI is InChI=1S/C10H15N3O/c1-2-3-4-12-5-6-13-9(8-12)7-11-10(13)14/h1,9H,3-8H2,(H,11,14). The van der Waals surface area contributed by atoms with Crippen molar-refractivity contribution in [1.82, 2.24) is 15.1 Å². The molecule has 0 bridgehead atoms. The van der Waals surface area contributed by atoms with Crippen LogP contribution in [0.3, 0.4) is 0 Å². The number of hydrogen-bond acceptors (Lipinski definition) is 2. The predicted octanol–water partition coefficient (Wildman–Crippen LogP) is -0.281. The van der Waals surface area contributed by atoms with Crippen LogP contribution in [-0.2, 0) is 0 Å². The Morgan fingerprint density at radius 1 is 1.57 bits per heavy atom. The Labute approximate surface area is 84.2 Å². The minimum atomic E-state index is 0.0894. The van der Waals surface area contributed by atoms with Crippen LogP contribution in [0.15, 0.2) is 0 Å². The highest BCUT2D eigenvalue weighted by Crippen LogP contribution is 2.13. The first-order chi connectivity index (χ1) is 6.81. The van der Waals surface area contributed by atoms with Crippen LogP contribution in [0.1, 0.15) is 6.42 Å². The molecular formula is C10H15N3O. The van der Waals surface area contributed by atoms with Crippen molar-refractivity contribution >= 4 is 6.03 Å². The van der Waals surface area contributed by atoms with Crippen molar-refractivity contribution in [2.75, 3.05) is 32.7 Å². The van der Waals surface area contributed by atoms with Crippen molar-refractivity contribution in [3.8, 4) is 12.3 Å². The van der Waals surface area contributed by atoms with Gasteiger partial charge in [-0.2, -0.15) is 0 Å². The maximum atomic E-state index is 11.3. The molecule has 0 aromatic carbocycles. The van der Waals surface area contributed by atoms with Gasteiger partial charge in [0, 0.05) is 39.1 Å². The Morgan fingerprint density at radius 3 is 3.21 bits per heavy atom. The Bertz CT molecular complexity index is 271. The molecule has 2 saturated heterocycles. The van der Waals surface area contributed by atoms with Gasteiger partial charge in [0.15, 0.2) is 0 Å². The molecule has 0 saturated carbocycles. The van der Waals surface area contributed by atoms with Gasteiger partial charge in [0.1, 0.15) is 0 Å². The van der Waals surface area contributed by atoms with Crippen LogP contribution in [0, 0.1) is 12.3 Å². The first-order valence-corrected chi connectivity index (χ1v) is 5.01. The summed E-state index contributed by atoms with van der Waals surface area (Å²) in [7, 11) is 0. The zero-order valence-electron chi connectivity index (χ0n) is 8.20. The van der Waals surface area contributed by atoms with Crippen LogP contribution in [-0.4, -0.2) is 54.6 Å². The van der Waals surface area contributed by atoms with E-state index in [1.165, 1.54) is 0 Å².